The Bertz CT molecular complexity index is 587. The van der Waals surface area contributed by atoms with E-state index in [-0.39, 0.29) is 5.91 Å². The van der Waals surface area contributed by atoms with Crippen LogP contribution >= 0.6 is 0 Å². The number of benzene rings is 1. The number of hydrogen-bond acceptors (Lipinski definition) is 3. The van der Waals surface area contributed by atoms with Crippen LogP contribution in [0, 0.1) is 0 Å². The molecular formula is C16H22N4O. The molecule has 0 aliphatic rings. The molecule has 3 N–H and O–H groups in total. The summed E-state index contributed by atoms with van der Waals surface area (Å²) >= 11 is 0. The average molecular weight is 286 g/mol. The Kier molecular flexibility index (Phi) is 5.11. The fourth-order valence-corrected chi connectivity index (χ4v) is 2.04. The van der Waals surface area contributed by atoms with Gasteiger partial charge in [0.1, 0.15) is 5.69 Å². The van der Waals surface area contributed by atoms with Gasteiger partial charge in [-0.15, -0.1) is 0 Å². The van der Waals surface area contributed by atoms with Gasteiger partial charge in [0.15, 0.2) is 0 Å². The molecule has 0 radical (unpaired) electrons. The maximum Gasteiger partial charge on any atom is 0.271 e. The Morgan fingerprint density at radius 1 is 1.33 bits per heavy atom. The third-order valence-corrected chi connectivity index (χ3v) is 3.35. The third-order valence-electron chi connectivity index (χ3n) is 3.35. The molecule has 1 heterocycles. The summed E-state index contributed by atoms with van der Waals surface area (Å²) in [6.45, 7) is 6.01. The van der Waals surface area contributed by atoms with Gasteiger partial charge in [0.2, 0.25) is 0 Å². The number of imidazole rings is 1. The SMILES string of the molecule is CC(C)c1ccc(CNC(=O)c2cn(CCN)cn2)cc1. The van der Waals surface area contributed by atoms with Gasteiger partial charge in [0, 0.05) is 25.8 Å². The number of aromatic nitrogens is 2. The summed E-state index contributed by atoms with van der Waals surface area (Å²) in [7, 11) is 0. The summed E-state index contributed by atoms with van der Waals surface area (Å²) in [4.78, 5) is 16.1. The Hall–Kier alpha value is -2.14. The van der Waals surface area contributed by atoms with E-state index in [0.29, 0.717) is 31.2 Å². The van der Waals surface area contributed by atoms with Crippen molar-refractivity contribution < 1.29 is 4.79 Å². The zero-order valence-corrected chi connectivity index (χ0v) is 12.5. The van der Waals surface area contributed by atoms with Crippen molar-refractivity contribution >= 4 is 5.91 Å². The molecule has 21 heavy (non-hydrogen) atoms. The van der Waals surface area contributed by atoms with Crippen LogP contribution in [0.25, 0.3) is 0 Å². The number of amides is 1. The first-order valence-electron chi connectivity index (χ1n) is 7.19. The van der Waals surface area contributed by atoms with Crippen molar-refractivity contribution in [2.75, 3.05) is 6.54 Å². The first-order chi connectivity index (χ1) is 10.1. The van der Waals surface area contributed by atoms with Crippen molar-refractivity contribution in [3.63, 3.8) is 0 Å². The van der Waals surface area contributed by atoms with E-state index < -0.39 is 0 Å². The van der Waals surface area contributed by atoms with Gasteiger partial charge in [-0.2, -0.15) is 0 Å². The fraction of sp³-hybridized carbons (Fsp3) is 0.375. The maximum absolute atomic E-state index is 12.0. The second-order valence-corrected chi connectivity index (χ2v) is 5.36. The minimum atomic E-state index is -0.168. The van der Waals surface area contributed by atoms with E-state index in [9.17, 15) is 4.79 Å². The Morgan fingerprint density at radius 3 is 2.67 bits per heavy atom. The summed E-state index contributed by atoms with van der Waals surface area (Å²) in [6, 6.07) is 8.29. The molecule has 0 aliphatic heterocycles. The fourth-order valence-electron chi connectivity index (χ4n) is 2.04. The highest BCUT2D eigenvalue weighted by molar-refractivity contribution is 5.91. The molecule has 1 aromatic heterocycles. The van der Waals surface area contributed by atoms with Crippen molar-refractivity contribution in [1.29, 1.82) is 0 Å². The predicted octanol–water partition coefficient (Wildman–Crippen LogP) is 1.90. The molecule has 1 aromatic carbocycles. The van der Waals surface area contributed by atoms with Crippen molar-refractivity contribution in [3.8, 4) is 0 Å². The molecule has 1 amide bonds. The molecule has 0 saturated heterocycles. The van der Waals surface area contributed by atoms with Crippen LogP contribution in [0.5, 0.6) is 0 Å². The van der Waals surface area contributed by atoms with Gasteiger partial charge in [0.25, 0.3) is 5.91 Å². The first-order valence-corrected chi connectivity index (χ1v) is 7.19. The number of nitrogens with one attached hydrogen (secondary N) is 1. The van der Waals surface area contributed by atoms with Crippen LogP contribution in [0.3, 0.4) is 0 Å². The summed E-state index contributed by atoms with van der Waals surface area (Å²) in [5.74, 6) is 0.346. The van der Waals surface area contributed by atoms with Crippen molar-refractivity contribution in [1.82, 2.24) is 14.9 Å². The Balaban J connectivity index is 1.90. The zero-order chi connectivity index (χ0) is 15.2. The number of carbonyl (C=O) groups excluding carboxylic acids is 1. The highest BCUT2D eigenvalue weighted by atomic mass is 16.1. The predicted molar refractivity (Wildman–Crippen MR) is 83.0 cm³/mol. The lowest BCUT2D eigenvalue weighted by Crippen LogP contribution is -2.23. The smallest absolute Gasteiger partial charge is 0.271 e. The van der Waals surface area contributed by atoms with Gasteiger partial charge >= 0.3 is 0 Å². The minimum absolute atomic E-state index is 0.168. The molecule has 0 saturated carbocycles. The number of rotatable bonds is 6. The molecule has 0 spiro atoms. The van der Waals surface area contributed by atoms with Gasteiger partial charge in [-0.3, -0.25) is 4.79 Å². The molecule has 0 aliphatic carbocycles. The van der Waals surface area contributed by atoms with Crippen LogP contribution in [-0.2, 0) is 13.1 Å². The van der Waals surface area contributed by atoms with Crippen LogP contribution < -0.4 is 11.1 Å². The van der Waals surface area contributed by atoms with E-state index in [1.807, 2.05) is 16.7 Å². The second-order valence-electron chi connectivity index (χ2n) is 5.36. The third kappa shape index (κ3) is 4.16. The van der Waals surface area contributed by atoms with E-state index in [1.54, 1.807) is 12.5 Å². The van der Waals surface area contributed by atoms with E-state index in [1.165, 1.54) is 5.56 Å². The van der Waals surface area contributed by atoms with Crippen molar-refractivity contribution in [2.45, 2.75) is 32.9 Å². The molecule has 5 heteroatoms. The Labute approximate surface area is 125 Å². The summed E-state index contributed by atoms with van der Waals surface area (Å²) < 4.78 is 1.81. The van der Waals surface area contributed by atoms with Crippen LogP contribution in [0.15, 0.2) is 36.8 Å². The normalized spacial score (nSPS) is 10.9. The number of nitrogens with two attached hydrogens (primary N) is 1. The number of nitrogens with zero attached hydrogens (tertiary/aromatic N) is 2. The average Bonchev–Trinajstić information content (AvgIpc) is 2.94. The van der Waals surface area contributed by atoms with Gasteiger partial charge in [-0.1, -0.05) is 38.1 Å². The molecule has 2 rings (SSSR count). The maximum atomic E-state index is 12.0. The van der Waals surface area contributed by atoms with Gasteiger partial charge < -0.3 is 15.6 Å². The lowest BCUT2D eigenvalue weighted by molar-refractivity contribution is 0.0946. The van der Waals surface area contributed by atoms with Gasteiger partial charge in [-0.25, -0.2) is 4.98 Å². The molecule has 5 nitrogen and oxygen atoms in total. The monoisotopic (exact) mass is 286 g/mol. The van der Waals surface area contributed by atoms with Crippen LogP contribution in [0.1, 0.15) is 41.4 Å². The largest absolute Gasteiger partial charge is 0.347 e. The van der Waals surface area contributed by atoms with Crippen molar-refractivity contribution in [2.24, 2.45) is 5.73 Å². The standard InChI is InChI=1S/C16H22N4O/c1-12(2)14-5-3-13(4-6-14)9-18-16(21)15-10-20(8-7-17)11-19-15/h3-6,10-12H,7-9,17H2,1-2H3,(H,18,21). The van der Waals surface area contributed by atoms with Gasteiger partial charge in [0.05, 0.1) is 6.33 Å². The van der Waals surface area contributed by atoms with E-state index in [4.69, 9.17) is 5.73 Å². The lowest BCUT2D eigenvalue weighted by Gasteiger charge is -2.07. The molecule has 112 valence electrons. The molecule has 0 unspecified atom stereocenters. The molecule has 0 atom stereocenters. The first kappa shape index (κ1) is 15.3. The van der Waals surface area contributed by atoms with E-state index in [2.05, 4.69) is 36.3 Å². The van der Waals surface area contributed by atoms with Crippen LogP contribution in [-0.4, -0.2) is 22.0 Å². The number of carbonyl (C=O) groups is 1. The second kappa shape index (κ2) is 7.04. The van der Waals surface area contributed by atoms with Crippen LogP contribution in [0.2, 0.25) is 0 Å². The van der Waals surface area contributed by atoms with E-state index >= 15 is 0 Å². The van der Waals surface area contributed by atoms with Gasteiger partial charge in [-0.05, 0) is 17.0 Å². The highest BCUT2D eigenvalue weighted by Crippen LogP contribution is 2.14. The molecular weight excluding hydrogens is 264 g/mol. The van der Waals surface area contributed by atoms with Crippen LogP contribution in [0.4, 0.5) is 0 Å². The summed E-state index contributed by atoms with van der Waals surface area (Å²) in [5, 5.41) is 2.87. The van der Waals surface area contributed by atoms with E-state index in [0.717, 1.165) is 5.56 Å². The lowest BCUT2D eigenvalue weighted by atomic mass is 10.0. The Morgan fingerprint density at radius 2 is 2.05 bits per heavy atom. The van der Waals surface area contributed by atoms with Crippen molar-refractivity contribution in [3.05, 3.63) is 53.6 Å². The number of hydrogen-bond donors (Lipinski definition) is 2. The highest BCUT2D eigenvalue weighted by Gasteiger charge is 2.08. The quantitative estimate of drug-likeness (QED) is 0.851. The minimum Gasteiger partial charge on any atom is -0.347 e. The zero-order valence-electron chi connectivity index (χ0n) is 12.5. The molecule has 2 aromatic rings. The summed E-state index contributed by atoms with van der Waals surface area (Å²) in [6.07, 6.45) is 3.34. The molecule has 0 bridgehead atoms. The topological polar surface area (TPSA) is 72.9 Å². The molecule has 0 fully saturated rings. The summed E-state index contributed by atoms with van der Waals surface area (Å²) in [5.41, 5.74) is 8.26.